The molecule has 0 spiro atoms. The molecule has 0 radical (unpaired) electrons. The summed E-state index contributed by atoms with van der Waals surface area (Å²) in [5.41, 5.74) is -0.0898. The van der Waals surface area contributed by atoms with Crippen molar-refractivity contribution < 1.29 is 32.2 Å². The van der Waals surface area contributed by atoms with E-state index in [4.69, 9.17) is 4.74 Å². The molecule has 33 heavy (non-hydrogen) atoms. The number of alkyl halides is 3. The summed E-state index contributed by atoms with van der Waals surface area (Å²) in [6.45, 7) is 6.26. The highest BCUT2D eigenvalue weighted by molar-refractivity contribution is 7.19. The van der Waals surface area contributed by atoms with E-state index in [0.29, 0.717) is 41.5 Å². The van der Waals surface area contributed by atoms with E-state index in [9.17, 15) is 22.8 Å². The highest BCUT2D eigenvalue weighted by Crippen LogP contribution is 2.32. The van der Waals surface area contributed by atoms with Crippen LogP contribution in [0.5, 0.6) is 5.75 Å². The Morgan fingerprint density at radius 1 is 1.18 bits per heavy atom. The van der Waals surface area contributed by atoms with Gasteiger partial charge >= 0.3 is 18.5 Å². The van der Waals surface area contributed by atoms with Gasteiger partial charge in [0.25, 0.3) is 0 Å². The number of nitrogens with one attached hydrogen (secondary N) is 2. The molecule has 0 saturated carbocycles. The van der Waals surface area contributed by atoms with Gasteiger partial charge in [-0.15, -0.1) is 13.2 Å². The van der Waals surface area contributed by atoms with E-state index in [1.165, 1.54) is 24.4 Å². The van der Waals surface area contributed by atoms with Crippen molar-refractivity contribution in [1.82, 2.24) is 15.2 Å². The first-order valence-corrected chi connectivity index (χ1v) is 11.1. The van der Waals surface area contributed by atoms with Crippen LogP contribution in [0.2, 0.25) is 0 Å². The van der Waals surface area contributed by atoms with Crippen molar-refractivity contribution in [1.29, 1.82) is 0 Å². The second kappa shape index (κ2) is 9.86. The Hall–Kier alpha value is -3.02. The first-order chi connectivity index (χ1) is 15.4. The van der Waals surface area contributed by atoms with Gasteiger partial charge in [0.2, 0.25) is 0 Å². The van der Waals surface area contributed by atoms with Crippen molar-refractivity contribution in [2.45, 2.75) is 51.6 Å². The molecular formula is C21H25F3N4O4S. The van der Waals surface area contributed by atoms with E-state index < -0.39 is 18.1 Å². The lowest BCUT2D eigenvalue weighted by atomic mass is 10.1. The van der Waals surface area contributed by atoms with Crippen molar-refractivity contribution in [3.8, 4) is 16.2 Å². The molecule has 0 unspecified atom stereocenters. The zero-order valence-corrected chi connectivity index (χ0v) is 19.2. The molecule has 8 nitrogen and oxygen atoms in total. The van der Waals surface area contributed by atoms with E-state index >= 15 is 0 Å². The number of benzene rings is 1. The number of likely N-dealkylation sites (tertiary alicyclic amines) is 1. The lowest BCUT2D eigenvalue weighted by Crippen LogP contribution is -2.48. The van der Waals surface area contributed by atoms with Gasteiger partial charge in [-0.2, -0.15) is 0 Å². The van der Waals surface area contributed by atoms with Crippen molar-refractivity contribution in [2.24, 2.45) is 0 Å². The number of ether oxygens (including phenoxy) is 2. The molecule has 1 aliphatic rings. The Balaban J connectivity index is 1.51. The number of urea groups is 1. The molecule has 1 aromatic carbocycles. The molecule has 1 aliphatic heterocycles. The summed E-state index contributed by atoms with van der Waals surface area (Å²) in [7, 11) is 0. The fraction of sp³-hybridized carbons (Fsp3) is 0.476. The number of anilines is 1. The fourth-order valence-electron chi connectivity index (χ4n) is 3.18. The van der Waals surface area contributed by atoms with Crippen LogP contribution in [0.3, 0.4) is 0 Å². The molecule has 1 aromatic heterocycles. The van der Waals surface area contributed by atoms with E-state index in [2.05, 4.69) is 20.4 Å². The number of carbonyl (C=O) groups is 2. The van der Waals surface area contributed by atoms with E-state index in [1.54, 1.807) is 31.7 Å². The topological polar surface area (TPSA) is 92.8 Å². The molecule has 12 heteroatoms. The van der Waals surface area contributed by atoms with E-state index in [-0.39, 0.29) is 17.8 Å². The standard InChI is InChI=1S/C21H25F3N4O4S/c1-20(2,3)32-19(30)26-14-7-9-28(10-8-14)18(29)27-17-25-12-16(33-17)13-5-4-6-15(11-13)31-21(22,23)24/h4-6,11-12,14H,7-10H2,1-3H3,(H,26,30)(H,25,27,29). The second-order valence-corrected chi connectivity index (χ2v) is 9.47. The van der Waals surface area contributed by atoms with Crippen LogP contribution in [0, 0.1) is 0 Å². The van der Waals surface area contributed by atoms with Gasteiger partial charge in [0, 0.05) is 25.3 Å². The van der Waals surface area contributed by atoms with E-state index in [0.717, 1.165) is 11.3 Å². The molecule has 0 atom stereocenters. The summed E-state index contributed by atoms with van der Waals surface area (Å²) in [6.07, 6.45) is -2.61. The third kappa shape index (κ3) is 7.81. The number of hydrogen-bond acceptors (Lipinski definition) is 6. The second-order valence-electron chi connectivity index (χ2n) is 8.44. The number of thiazole rings is 1. The molecule has 2 aromatic rings. The number of aromatic nitrogens is 1. The monoisotopic (exact) mass is 486 g/mol. The van der Waals surface area contributed by atoms with Gasteiger partial charge < -0.3 is 19.7 Å². The number of amides is 3. The average Bonchev–Trinajstić information content (AvgIpc) is 3.14. The number of halogens is 3. The van der Waals surface area contributed by atoms with Crippen LogP contribution in [0.1, 0.15) is 33.6 Å². The normalized spacial score (nSPS) is 15.2. The van der Waals surface area contributed by atoms with Crippen LogP contribution in [-0.4, -0.2) is 53.1 Å². The van der Waals surface area contributed by atoms with Crippen LogP contribution in [0.15, 0.2) is 30.5 Å². The molecule has 1 saturated heterocycles. The van der Waals surface area contributed by atoms with Gasteiger partial charge in [0.1, 0.15) is 11.4 Å². The van der Waals surface area contributed by atoms with E-state index in [1.807, 2.05) is 0 Å². The molecule has 3 amide bonds. The maximum Gasteiger partial charge on any atom is 0.573 e. The summed E-state index contributed by atoms with van der Waals surface area (Å²) in [4.78, 5) is 30.8. The number of hydrogen-bond donors (Lipinski definition) is 2. The largest absolute Gasteiger partial charge is 0.573 e. The van der Waals surface area contributed by atoms with Crippen LogP contribution in [-0.2, 0) is 4.74 Å². The Bertz CT molecular complexity index is 982. The van der Waals surface area contributed by atoms with Crippen molar-refractivity contribution in [3.05, 3.63) is 30.5 Å². The zero-order valence-electron chi connectivity index (χ0n) is 18.4. The summed E-state index contributed by atoms with van der Waals surface area (Å²) in [5, 5.41) is 5.85. The maximum absolute atomic E-state index is 12.6. The first kappa shape index (κ1) is 24.6. The van der Waals surface area contributed by atoms with Crippen molar-refractivity contribution in [3.63, 3.8) is 0 Å². The first-order valence-electron chi connectivity index (χ1n) is 10.3. The average molecular weight is 487 g/mol. The smallest absolute Gasteiger partial charge is 0.444 e. The highest BCUT2D eigenvalue weighted by Gasteiger charge is 2.31. The van der Waals surface area contributed by atoms with Crippen LogP contribution in [0.25, 0.3) is 10.4 Å². The number of rotatable bonds is 4. The molecule has 1 fully saturated rings. The highest BCUT2D eigenvalue weighted by atomic mass is 32.1. The number of alkyl carbamates (subject to hydrolysis) is 1. The van der Waals surface area contributed by atoms with Crippen molar-refractivity contribution >= 4 is 28.6 Å². The summed E-state index contributed by atoms with van der Waals surface area (Å²) < 4.78 is 46.5. The summed E-state index contributed by atoms with van der Waals surface area (Å²) in [5.74, 6) is -0.332. The lowest BCUT2D eigenvalue weighted by Gasteiger charge is -2.32. The summed E-state index contributed by atoms with van der Waals surface area (Å²) in [6, 6.07) is 5.13. The molecule has 2 heterocycles. The third-order valence-corrected chi connectivity index (χ3v) is 5.54. The number of nitrogens with zero attached hydrogens (tertiary/aromatic N) is 2. The fourth-order valence-corrected chi connectivity index (χ4v) is 3.99. The molecule has 180 valence electrons. The predicted molar refractivity (Wildman–Crippen MR) is 117 cm³/mol. The Morgan fingerprint density at radius 2 is 1.88 bits per heavy atom. The Labute approximate surface area is 193 Å². The van der Waals surface area contributed by atoms with Crippen LogP contribution in [0.4, 0.5) is 27.9 Å². The minimum absolute atomic E-state index is 0.0819. The zero-order chi connectivity index (χ0) is 24.2. The van der Waals surface area contributed by atoms with Crippen molar-refractivity contribution in [2.75, 3.05) is 18.4 Å². The molecule has 3 rings (SSSR count). The molecule has 2 N–H and O–H groups in total. The predicted octanol–water partition coefficient (Wildman–Crippen LogP) is 5.23. The molecular weight excluding hydrogens is 461 g/mol. The minimum atomic E-state index is -4.78. The Morgan fingerprint density at radius 3 is 2.52 bits per heavy atom. The molecule has 0 aliphatic carbocycles. The quantitative estimate of drug-likeness (QED) is 0.617. The van der Waals surface area contributed by atoms with Gasteiger partial charge in [0.05, 0.1) is 4.88 Å². The SMILES string of the molecule is CC(C)(C)OC(=O)NC1CCN(C(=O)Nc2ncc(-c3cccc(OC(F)(F)F)c3)s2)CC1. The number of carbonyl (C=O) groups excluding carboxylic acids is 2. The third-order valence-electron chi connectivity index (χ3n) is 4.57. The van der Waals surface area contributed by atoms with Gasteiger partial charge in [0.15, 0.2) is 5.13 Å². The van der Waals surface area contributed by atoms with Crippen LogP contribution >= 0.6 is 11.3 Å². The minimum Gasteiger partial charge on any atom is -0.444 e. The maximum atomic E-state index is 12.6. The van der Waals surface area contributed by atoms with Gasteiger partial charge in [-0.1, -0.05) is 23.5 Å². The molecule has 0 bridgehead atoms. The van der Waals surface area contributed by atoms with Gasteiger partial charge in [-0.3, -0.25) is 5.32 Å². The van der Waals surface area contributed by atoms with Gasteiger partial charge in [-0.25, -0.2) is 14.6 Å². The van der Waals surface area contributed by atoms with Crippen LogP contribution < -0.4 is 15.4 Å². The Kier molecular flexibility index (Phi) is 7.35. The summed E-state index contributed by atoms with van der Waals surface area (Å²) >= 11 is 1.14. The van der Waals surface area contributed by atoms with Gasteiger partial charge in [-0.05, 0) is 51.3 Å². The number of piperidine rings is 1. The lowest BCUT2D eigenvalue weighted by molar-refractivity contribution is -0.274.